The minimum absolute atomic E-state index is 0.175. The first kappa shape index (κ1) is 11.4. The van der Waals surface area contributed by atoms with Crippen molar-refractivity contribution in [3.8, 4) is 0 Å². The van der Waals surface area contributed by atoms with Gasteiger partial charge in [-0.1, -0.05) is 18.2 Å². The molecule has 0 saturated carbocycles. The van der Waals surface area contributed by atoms with Gasteiger partial charge < -0.3 is 4.90 Å². The number of carbonyl (C=O) groups excluding carboxylic acids is 4. The van der Waals surface area contributed by atoms with Crippen molar-refractivity contribution in [1.29, 1.82) is 0 Å². The molecule has 2 heterocycles. The summed E-state index contributed by atoms with van der Waals surface area (Å²) in [6.45, 7) is 0.175. The van der Waals surface area contributed by atoms with Crippen LogP contribution in [0.4, 0.5) is 4.79 Å². The van der Waals surface area contributed by atoms with Crippen LogP contribution < -0.4 is 10.6 Å². The molecule has 2 aliphatic heterocycles. The number of nitrogens with one attached hydrogen (secondary N) is 2. The standard InChI is InChI=1S/C12H9N3O4/c16-9-8(10(17)14-12(19)13-9)15-5-6-3-1-2-4-7(6)11(15)18/h1-4,8H,5H2,(H2,13,14,16,17,19). The Morgan fingerprint density at radius 2 is 1.63 bits per heavy atom. The van der Waals surface area contributed by atoms with Gasteiger partial charge in [-0.2, -0.15) is 0 Å². The molecule has 2 N–H and O–H groups in total. The van der Waals surface area contributed by atoms with Gasteiger partial charge in [-0.15, -0.1) is 0 Å². The van der Waals surface area contributed by atoms with Crippen molar-refractivity contribution < 1.29 is 19.2 Å². The average molecular weight is 259 g/mol. The molecule has 96 valence electrons. The average Bonchev–Trinajstić information content (AvgIpc) is 2.66. The Balaban J connectivity index is 1.93. The van der Waals surface area contributed by atoms with Gasteiger partial charge in [-0.25, -0.2) is 4.79 Å². The molecule has 19 heavy (non-hydrogen) atoms. The molecule has 1 fully saturated rings. The molecule has 7 heteroatoms. The molecule has 0 spiro atoms. The third-order valence-electron chi connectivity index (χ3n) is 3.13. The third-order valence-corrected chi connectivity index (χ3v) is 3.13. The van der Waals surface area contributed by atoms with Gasteiger partial charge in [0, 0.05) is 12.1 Å². The molecule has 0 bridgehead atoms. The first-order chi connectivity index (χ1) is 9.08. The predicted molar refractivity (Wildman–Crippen MR) is 61.8 cm³/mol. The number of carbonyl (C=O) groups is 4. The zero-order chi connectivity index (χ0) is 13.6. The summed E-state index contributed by atoms with van der Waals surface area (Å²) in [5.74, 6) is -1.95. The van der Waals surface area contributed by atoms with Crippen LogP contribution in [-0.4, -0.2) is 34.7 Å². The highest BCUT2D eigenvalue weighted by molar-refractivity contribution is 6.20. The summed E-state index contributed by atoms with van der Waals surface area (Å²) >= 11 is 0. The fourth-order valence-corrected chi connectivity index (χ4v) is 2.28. The lowest BCUT2D eigenvalue weighted by atomic mass is 10.1. The van der Waals surface area contributed by atoms with E-state index in [-0.39, 0.29) is 12.5 Å². The van der Waals surface area contributed by atoms with Crippen LogP contribution >= 0.6 is 0 Å². The van der Waals surface area contributed by atoms with E-state index in [1.807, 2.05) is 10.6 Å². The van der Waals surface area contributed by atoms with E-state index in [2.05, 4.69) is 0 Å². The Morgan fingerprint density at radius 3 is 2.26 bits per heavy atom. The van der Waals surface area contributed by atoms with Crippen LogP contribution in [-0.2, 0) is 16.1 Å². The highest BCUT2D eigenvalue weighted by Crippen LogP contribution is 2.24. The van der Waals surface area contributed by atoms with Crippen LogP contribution in [0.1, 0.15) is 15.9 Å². The second kappa shape index (κ2) is 3.91. The van der Waals surface area contributed by atoms with E-state index in [0.717, 1.165) is 10.5 Å². The monoisotopic (exact) mass is 259 g/mol. The summed E-state index contributed by atoms with van der Waals surface area (Å²) in [5, 5.41) is 3.96. The Bertz CT molecular complexity index is 605. The number of rotatable bonds is 1. The van der Waals surface area contributed by atoms with Crippen molar-refractivity contribution in [3.05, 3.63) is 35.4 Å². The summed E-state index contributed by atoms with van der Waals surface area (Å²) in [6, 6.07) is 4.72. The topological polar surface area (TPSA) is 95.6 Å². The lowest BCUT2D eigenvalue weighted by molar-refractivity contribution is -0.136. The second-order valence-electron chi connectivity index (χ2n) is 4.30. The smallest absolute Gasteiger partial charge is 0.314 e. The van der Waals surface area contributed by atoms with Crippen LogP contribution in [0.3, 0.4) is 0 Å². The zero-order valence-electron chi connectivity index (χ0n) is 9.67. The number of barbiturate groups is 1. The van der Waals surface area contributed by atoms with Crippen molar-refractivity contribution in [2.24, 2.45) is 0 Å². The van der Waals surface area contributed by atoms with Crippen LogP contribution in [0.25, 0.3) is 0 Å². The normalized spacial score (nSPS) is 19.3. The van der Waals surface area contributed by atoms with E-state index in [9.17, 15) is 19.2 Å². The molecule has 0 aliphatic carbocycles. The number of nitrogens with zero attached hydrogens (tertiary/aromatic N) is 1. The lowest BCUT2D eigenvalue weighted by Crippen LogP contribution is -2.64. The maximum Gasteiger partial charge on any atom is 0.328 e. The molecule has 3 rings (SSSR count). The van der Waals surface area contributed by atoms with Gasteiger partial charge in [0.2, 0.25) is 0 Å². The van der Waals surface area contributed by atoms with Crippen LogP contribution in [0.5, 0.6) is 0 Å². The Hall–Kier alpha value is -2.70. The number of urea groups is 1. The van der Waals surface area contributed by atoms with Crippen molar-refractivity contribution >= 4 is 23.8 Å². The summed E-state index contributed by atoms with van der Waals surface area (Å²) < 4.78 is 0. The molecule has 0 unspecified atom stereocenters. The highest BCUT2D eigenvalue weighted by Gasteiger charge is 2.44. The van der Waals surface area contributed by atoms with Gasteiger partial charge in [0.25, 0.3) is 17.7 Å². The molecule has 0 aromatic heterocycles. The van der Waals surface area contributed by atoms with Gasteiger partial charge in [0.05, 0.1) is 0 Å². The number of hydrogen-bond donors (Lipinski definition) is 2. The predicted octanol–water partition coefficient (Wildman–Crippen LogP) is -0.623. The maximum absolute atomic E-state index is 12.1. The molecule has 5 amide bonds. The molecular formula is C12H9N3O4. The lowest BCUT2D eigenvalue weighted by Gasteiger charge is -2.28. The SMILES string of the molecule is O=C1NC(=O)C(N2Cc3ccccc3C2=O)C(=O)N1. The quantitative estimate of drug-likeness (QED) is 0.657. The Kier molecular flexibility index (Phi) is 2.34. The van der Waals surface area contributed by atoms with Crippen molar-refractivity contribution in [3.63, 3.8) is 0 Å². The number of benzene rings is 1. The fourth-order valence-electron chi connectivity index (χ4n) is 2.28. The largest absolute Gasteiger partial charge is 0.328 e. The zero-order valence-corrected chi connectivity index (χ0v) is 9.67. The molecule has 1 aromatic carbocycles. The van der Waals surface area contributed by atoms with Gasteiger partial charge in [-0.3, -0.25) is 25.0 Å². The van der Waals surface area contributed by atoms with Crippen molar-refractivity contribution in [2.75, 3.05) is 0 Å². The minimum Gasteiger partial charge on any atom is -0.314 e. The fraction of sp³-hybridized carbons (Fsp3) is 0.167. The number of imide groups is 2. The van der Waals surface area contributed by atoms with E-state index in [4.69, 9.17) is 0 Å². The molecule has 2 aliphatic rings. The van der Waals surface area contributed by atoms with Gasteiger partial charge in [0.15, 0.2) is 6.04 Å². The van der Waals surface area contributed by atoms with Gasteiger partial charge >= 0.3 is 6.03 Å². The van der Waals surface area contributed by atoms with E-state index in [1.165, 1.54) is 0 Å². The summed E-state index contributed by atoms with van der Waals surface area (Å²) in [4.78, 5) is 47.7. The molecule has 7 nitrogen and oxygen atoms in total. The van der Waals surface area contributed by atoms with Crippen molar-refractivity contribution in [1.82, 2.24) is 15.5 Å². The van der Waals surface area contributed by atoms with E-state index in [0.29, 0.717) is 5.56 Å². The summed E-state index contributed by atoms with van der Waals surface area (Å²) in [5.41, 5.74) is 1.23. The van der Waals surface area contributed by atoms with Gasteiger partial charge in [0.1, 0.15) is 0 Å². The van der Waals surface area contributed by atoms with E-state index >= 15 is 0 Å². The van der Waals surface area contributed by atoms with Crippen molar-refractivity contribution in [2.45, 2.75) is 12.6 Å². The molecular weight excluding hydrogens is 250 g/mol. The van der Waals surface area contributed by atoms with Gasteiger partial charge in [-0.05, 0) is 11.6 Å². The van der Waals surface area contributed by atoms with E-state index < -0.39 is 23.9 Å². The van der Waals surface area contributed by atoms with E-state index in [1.54, 1.807) is 24.3 Å². The maximum atomic E-state index is 12.1. The molecule has 1 saturated heterocycles. The first-order valence-corrected chi connectivity index (χ1v) is 5.62. The first-order valence-electron chi connectivity index (χ1n) is 5.62. The summed E-state index contributed by atoms with van der Waals surface area (Å²) in [7, 11) is 0. The minimum atomic E-state index is -1.31. The summed E-state index contributed by atoms with van der Waals surface area (Å²) in [6.07, 6.45) is 0. The van der Waals surface area contributed by atoms with Crippen LogP contribution in [0, 0.1) is 0 Å². The molecule has 1 aromatic rings. The Morgan fingerprint density at radius 1 is 1.00 bits per heavy atom. The van der Waals surface area contributed by atoms with Crippen LogP contribution in [0.15, 0.2) is 24.3 Å². The number of amides is 5. The molecule has 0 atom stereocenters. The third kappa shape index (κ3) is 1.67. The second-order valence-corrected chi connectivity index (χ2v) is 4.30. The highest BCUT2D eigenvalue weighted by atomic mass is 16.2. The van der Waals surface area contributed by atoms with Crippen LogP contribution in [0.2, 0.25) is 0 Å². The molecule has 0 radical (unpaired) electrons. The number of fused-ring (bicyclic) bond motifs is 1. The Labute approximate surface area is 107 Å². The number of hydrogen-bond acceptors (Lipinski definition) is 4.